The normalized spacial score (nSPS) is 30.0. The van der Waals surface area contributed by atoms with Gasteiger partial charge < -0.3 is 5.32 Å². The fourth-order valence-corrected chi connectivity index (χ4v) is 3.55. The van der Waals surface area contributed by atoms with Crippen LogP contribution in [-0.4, -0.2) is 60.6 Å². The highest BCUT2D eigenvalue weighted by atomic mass is 15.3. The maximum absolute atomic E-state index is 3.60. The molecule has 2 aliphatic heterocycles. The Labute approximate surface area is 119 Å². The molecule has 0 aromatic carbocycles. The van der Waals surface area contributed by atoms with E-state index in [0.717, 1.165) is 12.6 Å². The van der Waals surface area contributed by atoms with Crippen LogP contribution in [0.1, 0.15) is 47.5 Å². The predicted octanol–water partition coefficient (Wildman–Crippen LogP) is 2.18. The summed E-state index contributed by atoms with van der Waals surface area (Å²) in [4.78, 5) is 5.44. The Hall–Kier alpha value is -0.120. The van der Waals surface area contributed by atoms with Crippen LogP contribution in [0.3, 0.4) is 0 Å². The number of fused-ring (bicyclic) bond motifs is 1. The van der Waals surface area contributed by atoms with Gasteiger partial charge in [0.2, 0.25) is 0 Å². The molecule has 112 valence electrons. The first-order valence-corrected chi connectivity index (χ1v) is 8.09. The van der Waals surface area contributed by atoms with Gasteiger partial charge in [-0.1, -0.05) is 27.7 Å². The van der Waals surface area contributed by atoms with Crippen LogP contribution in [0.5, 0.6) is 0 Å². The fraction of sp³-hybridized carbons (Fsp3) is 1.00. The maximum atomic E-state index is 3.60. The standard InChI is InChI=1S/C16H33N3/c1-13(2)17-11-16(4,5)12-19-10-15-7-6-8-18(15)9-14(19)3/h13-15,17H,6-12H2,1-5H3. The summed E-state index contributed by atoms with van der Waals surface area (Å²) in [5, 5.41) is 3.60. The predicted molar refractivity (Wildman–Crippen MR) is 82.5 cm³/mol. The summed E-state index contributed by atoms with van der Waals surface area (Å²) >= 11 is 0. The largest absolute Gasteiger partial charge is 0.314 e. The number of nitrogens with zero attached hydrogens (tertiary/aromatic N) is 2. The van der Waals surface area contributed by atoms with Crippen molar-refractivity contribution in [2.24, 2.45) is 5.41 Å². The minimum atomic E-state index is 0.360. The second-order valence-electron chi connectivity index (χ2n) is 7.77. The molecule has 2 atom stereocenters. The molecule has 0 saturated carbocycles. The van der Waals surface area contributed by atoms with Crippen LogP contribution in [-0.2, 0) is 0 Å². The molecule has 0 amide bonds. The monoisotopic (exact) mass is 267 g/mol. The Bertz CT molecular complexity index is 288. The summed E-state index contributed by atoms with van der Waals surface area (Å²) in [6, 6.07) is 2.14. The molecule has 2 rings (SSSR count). The lowest BCUT2D eigenvalue weighted by Gasteiger charge is -2.45. The number of piperazine rings is 1. The molecular formula is C16H33N3. The molecule has 19 heavy (non-hydrogen) atoms. The smallest absolute Gasteiger partial charge is 0.0224 e. The molecule has 3 nitrogen and oxygen atoms in total. The number of hydrogen-bond acceptors (Lipinski definition) is 3. The summed E-state index contributed by atoms with van der Waals surface area (Å²) in [7, 11) is 0. The quantitative estimate of drug-likeness (QED) is 0.824. The SMILES string of the molecule is CC(C)NCC(C)(C)CN1CC2CCCN2CC1C. The summed E-state index contributed by atoms with van der Waals surface area (Å²) < 4.78 is 0. The first-order valence-electron chi connectivity index (χ1n) is 8.09. The third kappa shape index (κ3) is 4.17. The lowest BCUT2D eigenvalue weighted by atomic mass is 9.90. The summed E-state index contributed by atoms with van der Waals surface area (Å²) in [5.41, 5.74) is 0.360. The van der Waals surface area contributed by atoms with E-state index in [-0.39, 0.29) is 0 Å². The molecule has 2 aliphatic rings. The van der Waals surface area contributed by atoms with Gasteiger partial charge in [0.1, 0.15) is 0 Å². The number of nitrogens with one attached hydrogen (secondary N) is 1. The van der Waals surface area contributed by atoms with Gasteiger partial charge in [-0.2, -0.15) is 0 Å². The van der Waals surface area contributed by atoms with Crippen LogP contribution in [0.2, 0.25) is 0 Å². The van der Waals surface area contributed by atoms with Gasteiger partial charge in [0.05, 0.1) is 0 Å². The lowest BCUT2D eigenvalue weighted by Crippen LogP contribution is -2.57. The first kappa shape index (κ1) is 15.3. The molecule has 3 heteroatoms. The van der Waals surface area contributed by atoms with Crippen molar-refractivity contribution in [2.75, 3.05) is 32.7 Å². The van der Waals surface area contributed by atoms with Gasteiger partial charge in [0.15, 0.2) is 0 Å². The Morgan fingerprint density at radius 3 is 2.68 bits per heavy atom. The molecule has 2 saturated heterocycles. The van der Waals surface area contributed by atoms with Crippen molar-refractivity contribution in [1.82, 2.24) is 15.1 Å². The van der Waals surface area contributed by atoms with Crippen molar-refractivity contribution in [2.45, 2.75) is 65.6 Å². The lowest BCUT2D eigenvalue weighted by molar-refractivity contribution is 0.0332. The zero-order valence-corrected chi connectivity index (χ0v) is 13.6. The minimum absolute atomic E-state index is 0.360. The summed E-state index contributed by atoms with van der Waals surface area (Å²) in [5.74, 6) is 0. The summed E-state index contributed by atoms with van der Waals surface area (Å²) in [6.07, 6.45) is 2.82. The molecule has 0 bridgehead atoms. The zero-order chi connectivity index (χ0) is 14.0. The molecule has 0 spiro atoms. The highest BCUT2D eigenvalue weighted by Crippen LogP contribution is 2.27. The van der Waals surface area contributed by atoms with Crippen LogP contribution in [0.15, 0.2) is 0 Å². The Balaban J connectivity index is 1.86. The van der Waals surface area contributed by atoms with E-state index in [1.54, 1.807) is 0 Å². The van der Waals surface area contributed by atoms with Gasteiger partial charge in [-0.15, -0.1) is 0 Å². The van der Waals surface area contributed by atoms with Gasteiger partial charge in [-0.3, -0.25) is 9.80 Å². The van der Waals surface area contributed by atoms with Crippen molar-refractivity contribution in [3.63, 3.8) is 0 Å². The third-order valence-corrected chi connectivity index (χ3v) is 4.69. The van der Waals surface area contributed by atoms with Crippen molar-refractivity contribution in [3.8, 4) is 0 Å². The molecule has 2 fully saturated rings. The average Bonchev–Trinajstić information content (AvgIpc) is 2.74. The van der Waals surface area contributed by atoms with E-state index in [1.807, 2.05) is 0 Å². The Kier molecular flexibility index (Phi) is 4.91. The van der Waals surface area contributed by atoms with Crippen molar-refractivity contribution < 1.29 is 0 Å². The van der Waals surface area contributed by atoms with Crippen molar-refractivity contribution >= 4 is 0 Å². The highest BCUT2D eigenvalue weighted by molar-refractivity contribution is 4.92. The summed E-state index contributed by atoms with van der Waals surface area (Å²) in [6.45, 7) is 17.9. The van der Waals surface area contributed by atoms with Gasteiger partial charge in [-0.05, 0) is 31.7 Å². The molecule has 1 N–H and O–H groups in total. The second-order valence-corrected chi connectivity index (χ2v) is 7.77. The number of rotatable bonds is 5. The Morgan fingerprint density at radius 1 is 1.26 bits per heavy atom. The van der Waals surface area contributed by atoms with E-state index in [4.69, 9.17) is 0 Å². The van der Waals surface area contributed by atoms with Gasteiger partial charge in [-0.25, -0.2) is 0 Å². The van der Waals surface area contributed by atoms with Gasteiger partial charge in [0, 0.05) is 44.3 Å². The van der Waals surface area contributed by atoms with E-state index in [2.05, 4.69) is 49.7 Å². The molecule has 0 aromatic heterocycles. The van der Waals surface area contributed by atoms with Crippen LogP contribution >= 0.6 is 0 Å². The van der Waals surface area contributed by atoms with Crippen molar-refractivity contribution in [1.29, 1.82) is 0 Å². The van der Waals surface area contributed by atoms with Gasteiger partial charge >= 0.3 is 0 Å². The van der Waals surface area contributed by atoms with E-state index < -0.39 is 0 Å². The van der Waals surface area contributed by atoms with Crippen LogP contribution in [0, 0.1) is 5.41 Å². The Morgan fingerprint density at radius 2 is 2.00 bits per heavy atom. The highest BCUT2D eigenvalue weighted by Gasteiger charge is 2.36. The van der Waals surface area contributed by atoms with E-state index in [1.165, 1.54) is 39.0 Å². The number of hydrogen-bond donors (Lipinski definition) is 1. The second kappa shape index (κ2) is 6.11. The topological polar surface area (TPSA) is 18.5 Å². The molecular weight excluding hydrogens is 234 g/mol. The molecule has 0 aliphatic carbocycles. The average molecular weight is 267 g/mol. The molecule has 0 aromatic rings. The molecule has 2 heterocycles. The maximum Gasteiger partial charge on any atom is 0.0224 e. The van der Waals surface area contributed by atoms with Crippen molar-refractivity contribution in [3.05, 3.63) is 0 Å². The third-order valence-electron chi connectivity index (χ3n) is 4.69. The van der Waals surface area contributed by atoms with Crippen LogP contribution in [0.4, 0.5) is 0 Å². The van der Waals surface area contributed by atoms with E-state index >= 15 is 0 Å². The first-order chi connectivity index (χ1) is 8.87. The van der Waals surface area contributed by atoms with E-state index in [9.17, 15) is 0 Å². The zero-order valence-electron chi connectivity index (χ0n) is 13.6. The van der Waals surface area contributed by atoms with Crippen LogP contribution in [0.25, 0.3) is 0 Å². The molecule has 0 radical (unpaired) electrons. The van der Waals surface area contributed by atoms with E-state index in [0.29, 0.717) is 17.5 Å². The van der Waals surface area contributed by atoms with Gasteiger partial charge in [0.25, 0.3) is 0 Å². The molecule has 2 unspecified atom stereocenters. The minimum Gasteiger partial charge on any atom is -0.314 e. The van der Waals surface area contributed by atoms with Crippen LogP contribution < -0.4 is 5.32 Å². The fourth-order valence-electron chi connectivity index (χ4n) is 3.55.